The van der Waals surface area contributed by atoms with E-state index >= 15 is 0 Å². The van der Waals surface area contributed by atoms with Gasteiger partial charge in [-0.05, 0) is 91.0 Å². The minimum Gasteiger partial charge on any atom is -0.348 e. The summed E-state index contributed by atoms with van der Waals surface area (Å²) in [4.78, 5) is 34.3. The lowest BCUT2D eigenvalue weighted by Gasteiger charge is -2.41. The van der Waals surface area contributed by atoms with Crippen LogP contribution in [0.3, 0.4) is 0 Å². The molecule has 3 aromatic rings. The molecule has 0 spiro atoms. The molecule has 0 fully saturated rings. The van der Waals surface area contributed by atoms with E-state index in [0.717, 1.165) is 40.9 Å². The molecule has 1 aliphatic heterocycles. The van der Waals surface area contributed by atoms with Gasteiger partial charge >= 0.3 is 0 Å². The van der Waals surface area contributed by atoms with Crippen LogP contribution in [-0.4, -0.2) is 36.7 Å². The standard InChI is InChI=1S/C29H40N6O2/c1-10-20-17(4)22(27(37)32-18(20)5)14-30-26(36)21-11-24(19-12-28(6,7)34-29(8,9)13-19)33-25-23(21)15-31-35(25)16(2)3/h11-12,15-16,34H,10,13-14H2,1-9H3,(H,30,36)(H,32,37). The van der Waals surface area contributed by atoms with Crippen molar-refractivity contribution < 1.29 is 4.79 Å². The van der Waals surface area contributed by atoms with Crippen molar-refractivity contribution in [2.45, 2.75) is 98.8 Å². The number of hydrogen-bond acceptors (Lipinski definition) is 5. The number of pyridine rings is 2. The highest BCUT2D eigenvalue weighted by atomic mass is 16.1. The van der Waals surface area contributed by atoms with Crippen LogP contribution in [0.1, 0.15) is 99.4 Å². The fourth-order valence-electron chi connectivity index (χ4n) is 5.79. The first-order chi connectivity index (χ1) is 17.2. The highest BCUT2D eigenvalue weighted by Gasteiger charge is 2.33. The smallest absolute Gasteiger partial charge is 0.253 e. The van der Waals surface area contributed by atoms with E-state index in [-0.39, 0.29) is 35.1 Å². The molecule has 0 aliphatic carbocycles. The lowest BCUT2D eigenvalue weighted by molar-refractivity contribution is 0.0952. The highest BCUT2D eigenvalue weighted by molar-refractivity contribution is 6.06. The fourth-order valence-corrected chi connectivity index (χ4v) is 5.79. The summed E-state index contributed by atoms with van der Waals surface area (Å²) in [5.74, 6) is -0.248. The Kier molecular flexibility index (Phi) is 6.92. The first-order valence-corrected chi connectivity index (χ1v) is 13.1. The van der Waals surface area contributed by atoms with E-state index in [1.165, 1.54) is 0 Å². The molecule has 0 saturated heterocycles. The summed E-state index contributed by atoms with van der Waals surface area (Å²) < 4.78 is 1.86. The first kappa shape index (κ1) is 26.8. The van der Waals surface area contributed by atoms with Gasteiger partial charge in [-0.2, -0.15) is 5.10 Å². The summed E-state index contributed by atoms with van der Waals surface area (Å²) >= 11 is 0. The third-order valence-corrected chi connectivity index (χ3v) is 7.17. The molecule has 1 amide bonds. The van der Waals surface area contributed by atoms with E-state index in [1.807, 2.05) is 38.4 Å². The molecule has 8 nitrogen and oxygen atoms in total. The quantitative estimate of drug-likeness (QED) is 0.450. The van der Waals surface area contributed by atoms with Crippen molar-refractivity contribution in [1.82, 2.24) is 30.4 Å². The second-order valence-electron chi connectivity index (χ2n) is 11.7. The van der Waals surface area contributed by atoms with Gasteiger partial charge in [0.05, 0.1) is 22.8 Å². The third-order valence-electron chi connectivity index (χ3n) is 7.17. The van der Waals surface area contributed by atoms with E-state index in [4.69, 9.17) is 4.98 Å². The second-order valence-corrected chi connectivity index (χ2v) is 11.7. The van der Waals surface area contributed by atoms with Crippen LogP contribution < -0.4 is 16.2 Å². The molecule has 8 heteroatoms. The number of aromatic nitrogens is 4. The van der Waals surface area contributed by atoms with Crippen molar-refractivity contribution in [3.05, 3.63) is 62.3 Å². The van der Waals surface area contributed by atoms with E-state index < -0.39 is 0 Å². The van der Waals surface area contributed by atoms with Gasteiger partial charge in [-0.25, -0.2) is 9.67 Å². The van der Waals surface area contributed by atoms with Crippen LogP contribution in [0.25, 0.3) is 16.6 Å². The number of aromatic amines is 1. The average molecular weight is 505 g/mol. The van der Waals surface area contributed by atoms with Gasteiger partial charge in [-0.3, -0.25) is 9.59 Å². The minimum absolute atomic E-state index is 0.0901. The van der Waals surface area contributed by atoms with Gasteiger partial charge in [0.15, 0.2) is 5.65 Å². The highest BCUT2D eigenvalue weighted by Crippen LogP contribution is 2.34. The summed E-state index contributed by atoms with van der Waals surface area (Å²) in [5.41, 5.74) is 6.09. The number of H-pyrrole nitrogens is 1. The number of aryl methyl sites for hydroxylation is 1. The second kappa shape index (κ2) is 9.56. The normalized spacial score (nSPS) is 16.8. The van der Waals surface area contributed by atoms with Crippen LogP contribution in [0.4, 0.5) is 0 Å². The molecule has 37 heavy (non-hydrogen) atoms. The van der Waals surface area contributed by atoms with Crippen LogP contribution in [0, 0.1) is 13.8 Å². The summed E-state index contributed by atoms with van der Waals surface area (Å²) in [5, 5.41) is 11.9. The Bertz CT molecular complexity index is 1460. The van der Waals surface area contributed by atoms with Crippen molar-refractivity contribution in [1.29, 1.82) is 0 Å². The van der Waals surface area contributed by atoms with Crippen molar-refractivity contribution in [2.75, 3.05) is 0 Å². The number of fused-ring (bicyclic) bond motifs is 1. The molecule has 3 aromatic heterocycles. The van der Waals surface area contributed by atoms with Gasteiger partial charge in [0.25, 0.3) is 11.5 Å². The van der Waals surface area contributed by atoms with Crippen molar-refractivity contribution in [3.8, 4) is 0 Å². The Morgan fingerprint density at radius 3 is 2.51 bits per heavy atom. The zero-order valence-electron chi connectivity index (χ0n) is 23.6. The van der Waals surface area contributed by atoms with E-state index in [1.54, 1.807) is 6.20 Å². The van der Waals surface area contributed by atoms with Gasteiger partial charge in [0, 0.05) is 34.9 Å². The van der Waals surface area contributed by atoms with Crippen molar-refractivity contribution in [2.24, 2.45) is 0 Å². The first-order valence-electron chi connectivity index (χ1n) is 13.1. The van der Waals surface area contributed by atoms with Crippen LogP contribution in [0.15, 0.2) is 23.1 Å². The molecule has 3 N–H and O–H groups in total. The molecule has 198 valence electrons. The van der Waals surface area contributed by atoms with Crippen LogP contribution >= 0.6 is 0 Å². The Morgan fingerprint density at radius 1 is 1.19 bits per heavy atom. The van der Waals surface area contributed by atoms with Gasteiger partial charge in [-0.15, -0.1) is 0 Å². The molecule has 0 bridgehead atoms. The average Bonchev–Trinajstić information content (AvgIpc) is 3.20. The molecule has 0 saturated carbocycles. The largest absolute Gasteiger partial charge is 0.348 e. The summed E-state index contributed by atoms with van der Waals surface area (Å²) in [7, 11) is 0. The molecule has 4 rings (SSSR count). The lowest BCUT2D eigenvalue weighted by Crippen LogP contribution is -2.53. The van der Waals surface area contributed by atoms with Crippen LogP contribution in [0.5, 0.6) is 0 Å². The van der Waals surface area contributed by atoms with Crippen molar-refractivity contribution >= 4 is 22.5 Å². The van der Waals surface area contributed by atoms with Crippen molar-refractivity contribution in [3.63, 3.8) is 0 Å². The van der Waals surface area contributed by atoms with Gasteiger partial charge < -0.3 is 15.6 Å². The Labute approximate surface area is 219 Å². The molecular weight excluding hydrogens is 464 g/mol. The van der Waals surface area contributed by atoms with E-state index in [0.29, 0.717) is 22.2 Å². The predicted molar refractivity (Wildman–Crippen MR) is 149 cm³/mol. The van der Waals surface area contributed by atoms with Gasteiger partial charge in [-0.1, -0.05) is 13.0 Å². The minimum atomic E-state index is -0.248. The Morgan fingerprint density at radius 2 is 1.89 bits per heavy atom. The monoisotopic (exact) mass is 504 g/mol. The molecular formula is C29H40N6O2. The Balaban J connectivity index is 1.78. The van der Waals surface area contributed by atoms with E-state index in [2.05, 4.69) is 61.4 Å². The Hall–Kier alpha value is -3.26. The number of amides is 1. The zero-order valence-corrected chi connectivity index (χ0v) is 23.6. The molecule has 0 radical (unpaired) electrons. The molecule has 1 aliphatic rings. The van der Waals surface area contributed by atoms with Gasteiger partial charge in [0.1, 0.15) is 0 Å². The maximum atomic E-state index is 13.6. The maximum Gasteiger partial charge on any atom is 0.253 e. The topological polar surface area (TPSA) is 105 Å². The molecule has 0 unspecified atom stereocenters. The third kappa shape index (κ3) is 5.25. The number of rotatable bonds is 6. The maximum absolute atomic E-state index is 13.6. The molecule has 0 aromatic carbocycles. The van der Waals surface area contributed by atoms with E-state index in [9.17, 15) is 9.59 Å². The summed E-state index contributed by atoms with van der Waals surface area (Å²) in [6.45, 7) is 18.8. The predicted octanol–water partition coefficient (Wildman–Crippen LogP) is 4.74. The summed E-state index contributed by atoms with van der Waals surface area (Å²) in [6.07, 6.45) is 5.51. The van der Waals surface area contributed by atoms with Gasteiger partial charge in [0.2, 0.25) is 0 Å². The fraction of sp³-hybridized carbons (Fsp3) is 0.517. The zero-order chi connectivity index (χ0) is 27.3. The van der Waals surface area contributed by atoms with Crippen LogP contribution in [0.2, 0.25) is 0 Å². The lowest BCUT2D eigenvalue weighted by atomic mass is 9.82. The summed E-state index contributed by atoms with van der Waals surface area (Å²) in [6, 6.07) is 1.96. The molecule has 4 heterocycles. The number of nitrogens with one attached hydrogen (secondary N) is 3. The van der Waals surface area contributed by atoms with Crippen LogP contribution in [-0.2, 0) is 13.0 Å². The number of nitrogens with zero attached hydrogens (tertiary/aromatic N) is 3. The number of carbonyl (C=O) groups excluding carboxylic acids is 1. The molecule has 0 atom stereocenters. The SMILES string of the molecule is CCc1c(C)[nH]c(=O)c(CNC(=O)c2cc(C3=CC(C)(C)NC(C)(C)C3)nc3c2cnn3C(C)C)c1C. The number of hydrogen-bond donors (Lipinski definition) is 3. The number of carbonyl (C=O) groups is 1.